The van der Waals surface area contributed by atoms with Crippen LogP contribution in [0.3, 0.4) is 0 Å². The number of phenolic OH excluding ortho intramolecular Hbond substituents is 1. The monoisotopic (exact) mass is 513 g/mol. The van der Waals surface area contributed by atoms with Gasteiger partial charge in [0.25, 0.3) is 0 Å². The van der Waals surface area contributed by atoms with Crippen LogP contribution in [0.1, 0.15) is 104 Å². The zero-order valence-corrected chi connectivity index (χ0v) is 20.5. The Morgan fingerprint density at radius 1 is 0.750 bits per heavy atom. The minimum atomic E-state index is -4.95. The number of nitrogens with zero attached hydrogens (tertiary/aromatic N) is 1. The van der Waals surface area contributed by atoms with Crippen LogP contribution >= 0.6 is 0 Å². The molecule has 1 aliphatic carbocycles. The third-order valence-corrected chi connectivity index (χ3v) is 6.93. The molecule has 1 N–H and O–H groups in total. The van der Waals surface area contributed by atoms with Gasteiger partial charge < -0.3 is 5.11 Å². The molecule has 0 bridgehead atoms. The highest BCUT2D eigenvalue weighted by atomic mass is 19.4. The maximum atomic E-state index is 13.2. The second kappa shape index (κ2) is 12.2. The van der Waals surface area contributed by atoms with Gasteiger partial charge in [-0.2, -0.15) is 26.3 Å². The Balaban J connectivity index is 1.92. The summed E-state index contributed by atoms with van der Waals surface area (Å²) in [7, 11) is 0. The van der Waals surface area contributed by atoms with Crippen molar-refractivity contribution < 1.29 is 31.4 Å². The smallest absolute Gasteiger partial charge is 0.416 e. The number of phenols is 1. The zero-order valence-electron chi connectivity index (χ0n) is 20.5. The van der Waals surface area contributed by atoms with E-state index in [4.69, 9.17) is 0 Å². The van der Waals surface area contributed by atoms with Gasteiger partial charge in [-0.15, -0.1) is 0 Å². The fraction of sp³-hybridized carbons (Fsp3) is 0.536. The van der Waals surface area contributed by atoms with Crippen LogP contribution in [0, 0.1) is 6.92 Å². The average molecular weight is 514 g/mol. The molecule has 0 aliphatic heterocycles. The van der Waals surface area contributed by atoms with E-state index in [2.05, 4.69) is 4.99 Å². The van der Waals surface area contributed by atoms with Gasteiger partial charge in [0.05, 0.1) is 16.8 Å². The molecule has 0 saturated heterocycles. The lowest BCUT2D eigenvalue weighted by atomic mass is 9.85. The highest BCUT2D eigenvalue weighted by Crippen LogP contribution is 2.40. The Bertz CT molecular complexity index is 997. The molecule has 0 spiro atoms. The molecule has 0 amide bonds. The number of hydrogen-bond donors (Lipinski definition) is 1. The fourth-order valence-corrected chi connectivity index (χ4v) is 4.84. The van der Waals surface area contributed by atoms with Crippen molar-refractivity contribution in [3.63, 3.8) is 0 Å². The van der Waals surface area contributed by atoms with Crippen LogP contribution in [0.25, 0.3) is 0 Å². The molecular formula is C28H33F6NO. The summed E-state index contributed by atoms with van der Waals surface area (Å²) in [5.41, 5.74) is -1.62. The second-order valence-electron chi connectivity index (χ2n) is 9.71. The molecule has 1 fully saturated rings. The third kappa shape index (κ3) is 7.74. The topological polar surface area (TPSA) is 32.6 Å². The van der Waals surface area contributed by atoms with Gasteiger partial charge in [0.2, 0.25) is 0 Å². The van der Waals surface area contributed by atoms with Crippen molar-refractivity contribution in [1.82, 2.24) is 0 Å². The lowest BCUT2D eigenvalue weighted by Crippen LogP contribution is -2.10. The molecule has 0 atom stereocenters. The quantitative estimate of drug-likeness (QED) is 0.321. The molecule has 0 heterocycles. The number of rotatable bonds is 3. The van der Waals surface area contributed by atoms with Gasteiger partial charge in [-0.1, -0.05) is 69.9 Å². The molecule has 0 aromatic heterocycles. The SMILES string of the molecule is Cc1ccc(C2CCCCCCCCCCC2)c(O)c1C=Nc1cc(C(F)(F)F)cc(C(F)(F)F)c1. The second-order valence-corrected chi connectivity index (χ2v) is 9.71. The van der Waals surface area contributed by atoms with Crippen molar-refractivity contribution in [2.24, 2.45) is 4.99 Å². The first-order valence-electron chi connectivity index (χ1n) is 12.6. The van der Waals surface area contributed by atoms with E-state index < -0.39 is 29.2 Å². The summed E-state index contributed by atoms with van der Waals surface area (Å²) in [6, 6.07) is 4.93. The summed E-state index contributed by atoms with van der Waals surface area (Å²) >= 11 is 0. The highest BCUT2D eigenvalue weighted by molar-refractivity contribution is 5.88. The Morgan fingerprint density at radius 3 is 1.69 bits per heavy atom. The number of hydrogen-bond acceptors (Lipinski definition) is 2. The molecule has 3 rings (SSSR count). The van der Waals surface area contributed by atoms with E-state index in [0.717, 1.165) is 44.1 Å². The van der Waals surface area contributed by atoms with Crippen molar-refractivity contribution in [3.8, 4) is 5.75 Å². The Kier molecular flexibility index (Phi) is 9.47. The molecule has 2 nitrogen and oxygen atoms in total. The van der Waals surface area contributed by atoms with Gasteiger partial charge in [-0.05, 0) is 55.0 Å². The molecule has 0 radical (unpaired) electrons. The van der Waals surface area contributed by atoms with Gasteiger partial charge >= 0.3 is 12.4 Å². The summed E-state index contributed by atoms with van der Waals surface area (Å²) in [5, 5.41) is 11.1. The van der Waals surface area contributed by atoms with Crippen LogP contribution in [-0.4, -0.2) is 11.3 Å². The molecule has 0 unspecified atom stereocenters. The summed E-state index contributed by atoms with van der Waals surface area (Å²) in [6.45, 7) is 1.72. The molecular weight excluding hydrogens is 480 g/mol. The predicted molar refractivity (Wildman–Crippen MR) is 130 cm³/mol. The summed E-state index contributed by atoms with van der Waals surface area (Å²) < 4.78 is 79.1. The first-order chi connectivity index (χ1) is 17.0. The minimum absolute atomic E-state index is 0.00105. The van der Waals surface area contributed by atoms with E-state index in [-0.39, 0.29) is 17.7 Å². The Labute approximate surface area is 208 Å². The van der Waals surface area contributed by atoms with E-state index in [0.29, 0.717) is 23.3 Å². The van der Waals surface area contributed by atoms with Crippen molar-refractivity contribution in [3.05, 3.63) is 58.1 Å². The predicted octanol–water partition coefficient (Wildman–Crippen LogP) is 9.88. The molecule has 36 heavy (non-hydrogen) atoms. The molecule has 2 aromatic carbocycles. The number of aliphatic imine (C=N–C) groups is 1. The average Bonchev–Trinajstić information content (AvgIpc) is 2.78. The van der Waals surface area contributed by atoms with Gasteiger partial charge in [-0.25, -0.2) is 0 Å². The highest BCUT2D eigenvalue weighted by Gasteiger charge is 2.37. The maximum absolute atomic E-state index is 13.2. The lowest BCUT2D eigenvalue weighted by Gasteiger charge is -2.21. The summed E-state index contributed by atoms with van der Waals surface area (Å²) in [5.74, 6) is 0.140. The van der Waals surface area contributed by atoms with Crippen molar-refractivity contribution in [2.75, 3.05) is 0 Å². The standard InChI is InChI=1S/C28H33F6NO/c1-19-13-14-24(20-11-9-7-5-3-2-4-6-8-10-12-20)26(36)25(19)18-35-23-16-21(27(29,30)31)15-22(17-23)28(32,33)34/h13-18,20,36H,2-12H2,1H3. The molecule has 1 aliphatic rings. The van der Waals surface area contributed by atoms with Crippen LogP contribution in [-0.2, 0) is 12.4 Å². The van der Waals surface area contributed by atoms with Crippen molar-refractivity contribution in [1.29, 1.82) is 0 Å². The summed E-state index contributed by atoms with van der Waals surface area (Å²) in [4.78, 5) is 3.93. The molecule has 8 heteroatoms. The maximum Gasteiger partial charge on any atom is 0.416 e. The van der Waals surface area contributed by atoms with E-state index in [9.17, 15) is 31.4 Å². The van der Waals surface area contributed by atoms with Crippen LogP contribution in [0.2, 0.25) is 0 Å². The minimum Gasteiger partial charge on any atom is -0.507 e. The van der Waals surface area contributed by atoms with E-state index in [1.54, 1.807) is 6.92 Å². The van der Waals surface area contributed by atoms with Crippen LogP contribution < -0.4 is 0 Å². The number of aromatic hydroxyl groups is 1. The number of aryl methyl sites for hydroxylation is 1. The molecule has 2 aromatic rings. The number of benzene rings is 2. The summed E-state index contributed by atoms with van der Waals surface area (Å²) in [6.07, 6.45) is 3.64. The fourth-order valence-electron chi connectivity index (χ4n) is 4.84. The lowest BCUT2D eigenvalue weighted by molar-refractivity contribution is -0.143. The van der Waals surface area contributed by atoms with E-state index in [1.807, 2.05) is 12.1 Å². The third-order valence-electron chi connectivity index (χ3n) is 6.93. The Morgan fingerprint density at radius 2 is 1.22 bits per heavy atom. The van der Waals surface area contributed by atoms with E-state index >= 15 is 0 Å². The zero-order chi connectivity index (χ0) is 26.3. The number of alkyl halides is 6. The van der Waals surface area contributed by atoms with Gasteiger partial charge in [0.15, 0.2) is 0 Å². The largest absolute Gasteiger partial charge is 0.507 e. The van der Waals surface area contributed by atoms with Gasteiger partial charge in [0, 0.05) is 11.8 Å². The van der Waals surface area contributed by atoms with Crippen LogP contribution in [0.4, 0.5) is 32.0 Å². The first kappa shape index (κ1) is 28.1. The van der Waals surface area contributed by atoms with Gasteiger partial charge in [-0.3, -0.25) is 4.99 Å². The van der Waals surface area contributed by atoms with Crippen LogP contribution in [0.5, 0.6) is 5.75 Å². The Hall–Kier alpha value is -2.51. The molecule has 1 saturated carbocycles. The van der Waals surface area contributed by atoms with Crippen molar-refractivity contribution in [2.45, 2.75) is 95.8 Å². The normalized spacial score (nSPS) is 17.6. The first-order valence-corrected chi connectivity index (χ1v) is 12.6. The van der Waals surface area contributed by atoms with E-state index in [1.165, 1.54) is 38.3 Å². The number of halogens is 6. The van der Waals surface area contributed by atoms with Gasteiger partial charge in [0.1, 0.15) is 5.75 Å². The van der Waals surface area contributed by atoms with Crippen molar-refractivity contribution >= 4 is 11.9 Å². The molecule has 198 valence electrons. The van der Waals surface area contributed by atoms with Crippen LogP contribution in [0.15, 0.2) is 35.3 Å².